The smallest absolute Gasteiger partial charge is 0.173 e. The molecule has 3 rings (SSSR count). The van der Waals surface area contributed by atoms with Crippen molar-refractivity contribution in [3.05, 3.63) is 65.7 Å². The van der Waals surface area contributed by atoms with E-state index in [4.69, 9.17) is 12.2 Å². The maximum Gasteiger partial charge on any atom is 0.173 e. The highest BCUT2D eigenvalue weighted by Gasteiger charge is 2.18. The summed E-state index contributed by atoms with van der Waals surface area (Å²) in [5.41, 5.74) is 3.96. The summed E-state index contributed by atoms with van der Waals surface area (Å²) in [4.78, 5) is 4.83. The van der Waals surface area contributed by atoms with Gasteiger partial charge in [0.05, 0.1) is 0 Å². The van der Waals surface area contributed by atoms with Crippen LogP contribution in [-0.4, -0.2) is 41.1 Å². The maximum atomic E-state index is 5.69. The van der Waals surface area contributed by atoms with Crippen molar-refractivity contribution in [1.29, 1.82) is 0 Å². The highest BCUT2D eigenvalue weighted by Crippen LogP contribution is 2.23. The molecule has 0 atom stereocenters. The van der Waals surface area contributed by atoms with E-state index in [1.54, 1.807) is 0 Å². The van der Waals surface area contributed by atoms with E-state index in [1.807, 2.05) is 0 Å². The Kier molecular flexibility index (Phi) is 6.51. The fraction of sp³-hybridized carbons (Fsp3) is 0.435. The van der Waals surface area contributed by atoms with Gasteiger partial charge in [-0.1, -0.05) is 63.2 Å². The molecule has 1 N–H and O–H groups in total. The van der Waals surface area contributed by atoms with E-state index in [-0.39, 0.29) is 5.41 Å². The zero-order valence-electron chi connectivity index (χ0n) is 16.7. The molecular formula is C23H31N3S. The first kappa shape index (κ1) is 19.8. The van der Waals surface area contributed by atoms with E-state index in [9.17, 15) is 0 Å². The van der Waals surface area contributed by atoms with Crippen molar-refractivity contribution in [2.75, 3.05) is 31.5 Å². The zero-order valence-corrected chi connectivity index (χ0v) is 17.6. The predicted molar refractivity (Wildman–Crippen MR) is 119 cm³/mol. The van der Waals surface area contributed by atoms with Gasteiger partial charge in [-0.05, 0) is 47.3 Å². The van der Waals surface area contributed by atoms with Crippen molar-refractivity contribution in [2.45, 2.75) is 39.2 Å². The molecule has 0 amide bonds. The van der Waals surface area contributed by atoms with Gasteiger partial charge in [-0.2, -0.15) is 0 Å². The minimum atomic E-state index is 0.173. The first-order valence-corrected chi connectivity index (χ1v) is 10.3. The fourth-order valence-corrected chi connectivity index (χ4v) is 3.73. The van der Waals surface area contributed by atoms with Gasteiger partial charge >= 0.3 is 0 Å². The van der Waals surface area contributed by atoms with Crippen LogP contribution in [0.5, 0.6) is 0 Å². The third-order valence-electron chi connectivity index (χ3n) is 5.13. The molecule has 0 aliphatic carbocycles. The van der Waals surface area contributed by atoms with E-state index >= 15 is 0 Å². The Balaban J connectivity index is 1.53. The Morgan fingerprint density at radius 2 is 1.63 bits per heavy atom. The van der Waals surface area contributed by atoms with Crippen molar-refractivity contribution in [1.82, 2.24) is 9.80 Å². The van der Waals surface area contributed by atoms with Gasteiger partial charge < -0.3 is 10.2 Å². The van der Waals surface area contributed by atoms with E-state index in [1.165, 1.54) is 11.1 Å². The van der Waals surface area contributed by atoms with Gasteiger partial charge in [-0.15, -0.1) is 0 Å². The van der Waals surface area contributed by atoms with Crippen LogP contribution < -0.4 is 5.32 Å². The Bertz CT molecular complexity index is 734. The fourth-order valence-electron chi connectivity index (χ4n) is 3.43. The summed E-state index contributed by atoms with van der Waals surface area (Å²) >= 11 is 5.69. The van der Waals surface area contributed by atoms with Gasteiger partial charge in [0.25, 0.3) is 0 Å². The lowest BCUT2D eigenvalue weighted by Crippen LogP contribution is -2.37. The van der Waals surface area contributed by atoms with Gasteiger partial charge in [0.1, 0.15) is 0 Å². The summed E-state index contributed by atoms with van der Waals surface area (Å²) < 4.78 is 0. The molecule has 0 aromatic heterocycles. The highest BCUT2D eigenvalue weighted by molar-refractivity contribution is 7.80. The second kappa shape index (κ2) is 8.85. The molecule has 2 aromatic rings. The van der Waals surface area contributed by atoms with Crippen LogP contribution in [0.15, 0.2) is 54.6 Å². The lowest BCUT2D eigenvalue weighted by molar-refractivity contribution is 0.278. The van der Waals surface area contributed by atoms with E-state index < -0.39 is 0 Å². The van der Waals surface area contributed by atoms with Crippen molar-refractivity contribution in [2.24, 2.45) is 0 Å². The molecule has 27 heavy (non-hydrogen) atoms. The number of hydrogen-bond acceptors (Lipinski definition) is 2. The van der Waals surface area contributed by atoms with Crippen LogP contribution in [0.2, 0.25) is 0 Å². The first-order chi connectivity index (χ1) is 12.9. The molecule has 4 heteroatoms. The van der Waals surface area contributed by atoms with Crippen LogP contribution in [0.1, 0.15) is 38.3 Å². The Morgan fingerprint density at radius 3 is 2.30 bits per heavy atom. The summed E-state index contributed by atoms with van der Waals surface area (Å²) in [5, 5.41) is 4.25. The molecular weight excluding hydrogens is 350 g/mol. The molecule has 1 saturated heterocycles. The third kappa shape index (κ3) is 5.78. The largest absolute Gasteiger partial charge is 0.348 e. The maximum absolute atomic E-state index is 5.69. The molecule has 2 aromatic carbocycles. The third-order valence-corrected chi connectivity index (χ3v) is 5.49. The summed E-state index contributed by atoms with van der Waals surface area (Å²) in [7, 11) is 0. The second-order valence-corrected chi connectivity index (χ2v) is 8.75. The van der Waals surface area contributed by atoms with E-state index in [2.05, 4.69) is 90.5 Å². The Morgan fingerprint density at radius 1 is 0.926 bits per heavy atom. The number of hydrogen-bond donors (Lipinski definition) is 1. The van der Waals surface area contributed by atoms with Crippen LogP contribution in [0.3, 0.4) is 0 Å². The molecule has 1 aliphatic heterocycles. The first-order valence-electron chi connectivity index (χ1n) is 9.84. The SMILES string of the molecule is CC(C)(C)c1ccc(NC(=S)N2CCCN(Cc3ccccc3)CC2)cc1. The van der Waals surface area contributed by atoms with Crippen LogP contribution >= 0.6 is 12.2 Å². The lowest BCUT2D eigenvalue weighted by atomic mass is 9.87. The number of benzene rings is 2. The summed E-state index contributed by atoms with van der Waals surface area (Å²) in [6.45, 7) is 11.9. The number of rotatable bonds is 3. The van der Waals surface area contributed by atoms with Gasteiger partial charge in [0, 0.05) is 38.4 Å². The summed E-state index contributed by atoms with van der Waals surface area (Å²) in [6, 6.07) is 19.4. The summed E-state index contributed by atoms with van der Waals surface area (Å²) in [5.74, 6) is 0. The molecule has 0 radical (unpaired) electrons. The van der Waals surface area contributed by atoms with Crippen LogP contribution in [-0.2, 0) is 12.0 Å². The second-order valence-electron chi connectivity index (χ2n) is 8.36. The highest BCUT2D eigenvalue weighted by atomic mass is 32.1. The molecule has 1 fully saturated rings. The number of nitrogens with one attached hydrogen (secondary N) is 1. The number of anilines is 1. The molecule has 1 heterocycles. The van der Waals surface area contributed by atoms with E-state index in [0.717, 1.165) is 49.9 Å². The molecule has 0 unspecified atom stereocenters. The normalized spacial score (nSPS) is 16.0. The van der Waals surface area contributed by atoms with Crippen molar-refractivity contribution in [3.8, 4) is 0 Å². The Hall–Kier alpha value is -1.91. The minimum Gasteiger partial charge on any atom is -0.348 e. The standard InChI is InChI=1S/C23H31N3S/c1-23(2,3)20-10-12-21(13-11-20)24-22(27)26-15-7-14-25(16-17-26)18-19-8-5-4-6-9-19/h4-6,8-13H,7,14-18H2,1-3H3,(H,24,27). The summed E-state index contributed by atoms with van der Waals surface area (Å²) in [6.07, 6.45) is 1.14. The van der Waals surface area contributed by atoms with Crippen molar-refractivity contribution in [3.63, 3.8) is 0 Å². The van der Waals surface area contributed by atoms with Crippen molar-refractivity contribution < 1.29 is 0 Å². The van der Waals surface area contributed by atoms with Crippen LogP contribution in [0, 0.1) is 0 Å². The van der Waals surface area contributed by atoms with Gasteiger partial charge in [-0.3, -0.25) is 4.90 Å². The zero-order chi connectivity index (χ0) is 19.3. The number of thiocarbonyl (C=S) groups is 1. The van der Waals surface area contributed by atoms with Crippen LogP contribution in [0.25, 0.3) is 0 Å². The average molecular weight is 382 g/mol. The van der Waals surface area contributed by atoms with Gasteiger partial charge in [0.2, 0.25) is 0 Å². The van der Waals surface area contributed by atoms with E-state index in [0.29, 0.717) is 0 Å². The topological polar surface area (TPSA) is 18.5 Å². The molecule has 0 bridgehead atoms. The lowest BCUT2D eigenvalue weighted by Gasteiger charge is -2.25. The molecule has 0 spiro atoms. The van der Waals surface area contributed by atoms with Crippen molar-refractivity contribution >= 4 is 23.0 Å². The Labute approximate surface area is 169 Å². The van der Waals surface area contributed by atoms with Gasteiger partial charge in [-0.25, -0.2) is 0 Å². The molecule has 3 nitrogen and oxygen atoms in total. The monoisotopic (exact) mass is 381 g/mol. The molecule has 144 valence electrons. The minimum absolute atomic E-state index is 0.173. The predicted octanol–water partition coefficient (Wildman–Crippen LogP) is 4.89. The quantitative estimate of drug-likeness (QED) is 0.763. The number of nitrogens with zero attached hydrogens (tertiary/aromatic N) is 2. The van der Waals surface area contributed by atoms with Crippen LogP contribution in [0.4, 0.5) is 5.69 Å². The average Bonchev–Trinajstić information content (AvgIpc) is 2.88. The van der Waals surface area contributed by atoms with Gasteiger partial charge in [0.15, 0.2) is 5.11 Å². The molecule has 0 saturated carbocycles. The molecule has 1 aliphatic rings.